The number of morpholine rings is 1. The molecule has 1 heterocycles. The minimum Gasteiger partial charge on any atom is -0.394 e. The van der Waals surface area contributed by atoms with Crippen molar-refractivity contribution in [1.29, 1.82) is 0 Å². The Labute approximate surface area is 93.2 Å². The molecule has 1 N–H and O–H groups in total. The number of hydrogen-bond donors (Lipinski definition) is 1. The van der Waals surface area contributed by atoms with Crippen molar-refractivity contribution in [2.45, 2.75) is 40.7 Å². The highest BCUT2D eigenvalue weighted by Gasteiger charge is 2.20. The lowest BCUT2D eigenvalue weighted by atomic mass is 10.3. The van der Waals surface area contributed by atoms with Gasteiger partial charge in [0.15, 0.2) is 0 Å². The molecule has 0 aromatic carbocycles. The van der Waals surface area contributed by atoms with Crippen LogP contribution >= 0.6 is 0 Å². The maximum Gasteiger partial charge on any atom is 0.219 e. The molecule has 1 atom stereocenters. The van der Waals surface area contributed by atoms with Crippen LogP contribution in [-0.2, 0) is 9.53 Å². The molecule has 0 unspecified atom stereocenters. The summed E-state index contributed by atoms with van der Waals surface area (Å²) in [6.45, 7) is 11.2. The third-order valence-corrected chi connectivity index (χ3v) is 1.79. The molecular weight excluding hydrogens is 194 g/mol. The van der Waals surface area contributed by atoms with E-state index < -0.39 is 0 Å². The molecule has 1 saturated heterocycles. The predicted molar refractivity (Wildman–Crippen MR) is 61.8 cm³/mol. The summed E-state index contributed by atoms with van der Waals surface area (Å²) < 4.78 is 5.16. The van der Waals surface area contributed by atoms with Gasteiger partial charge in [-0.2, -0.15) is 0 Å². The number of aliphatic hydroxyl groups excluding tert-OH is 1. The summed E-state index contributed by atoms with van der Waals surface area (Å²) in [6, 6.07) is 0. The maximum absolute atomic E-state index is 10.8. The van der Waals surface area contributed by atoms with Crippen LogP contribution in [0, 0.1) is 0 Å². The minimum absolute atomic E-state index is 0.0101. The molecule has 92 valence electrons. The Morgan fingerprint density at radius 1 is 1.40 bits per heavy atom. The van der Waals surface area contributed by atoms with Crippen LogP contribution in [0.25, 0.3) is 0 Å². The summed E-state index contributed by atoms with van der Waals surface area (Å²) in [5.41, 5.74) is 0. The summed E-state index contributed by atoms with van der Waals surface area (Å²) >= 11 is 0. The normalized spacial score (nSPS) is 19.3. The first kappa shape index (κ1) is 16.8. The Bertz CT molecular complexity index is 151. The zero-order chi connectivity index (χ0) is 12.3. The lowest BCUT2D eigenvalue weighted by molar-refractivity contribution is -0.137. The van der Waals surface area contributed by atoms with Gasteiger partial charge in [0, 0.05) is 20.0 Å². The third kappa shape index (κ3) is 7.33. The van der Waals surface area contributed by atoms with E-state index in [1.54, 1.807) is 4.90 Å². The van der Waals surface area contributed by atoms with E-state index in [0.717, 1.165) is 0 Å². The first-order chi connectivity index (χ1) is 7.24. The SMILES string of the molecule is CC.CC.CC(=O)N1CCO[C@@H](CO)C1. The summed E-state index contributed by atoms with van der Waals surface area (Å²) in [6.07, 6.45) is -0.187. The summed E-state index contributed by atoms with van der Waals surface area (Å²) in [7, 11) is 0. The van der Waals surface area contributed by atoms with E-state index in [-0.39, 0.29) is 18.6 Å². The quantitative estimate of drug-likeness (QED) is 0.722. The topological polar surface area (TPSA) is 49.8 Å². The predicted octanol–water partition coefficient (Wildman–Crippen LogP) is 1.28. The van der Waals surface area contributed by atoms with Crippen LogP contribution in [0.4, 0.5) is 0 Å². The molecule has 4 heteroatoms. The first-order valence-corrected chi connectivity index (χ1v) is 5.72. The van der Waals surface area contributed by atoms with Crippen LogP contribution in [0.5, 0.6) is 0 Å². The second-order valence-corrected chi connectivity index (χ2v) is 2.64. The highest BCUT2D eigenvalue weighted by molar-refractivity contribution is 5.73. The van der Waals surface area contributed by atoms with Crippen molar-refractivity contribution in [2.24, 2.45) is 0 Å². The molecule has 0 aliphatic carbocycles. The van der Waals surface area contributed by atoms with Crippen molar-refractivity contribution >= 4 is 5.91 Å². The van der Waals surface area contributed by atoms with Gasteiger partial charge in [-0.25, -0.2) is 0 Å². The zero-order valence-corrected chi connectivity index (χ0v) is 10.6. The Kier molecular flexibility index (Phi) is 12.8. The fourth-order valence-electron chi connectivity index (χ4n) is 1.12. The van der Waals surface area contributed by atoms with E-state index in [4.69, 9.17) is 9.84 Å². The molecular formula is C11H25NO3. The molecule has 0 aromatic rings. The summed E-state index contributed by atoms with van der Waals surface area (Å²) in [4.78, 5) is 12.5. The Hall–Kier alpha value is -0.610. The van der Waals surface area contributed by atoms with E-state index in [1.807, 2.05) is 27.7 Å². The molecule has 1 rings (SSSR count). The molecule has 0 bridgehead atoms. The highest BCUT2D eigenvalue weighted by atomic mass is 16.5. The molecule has 1 aliphatic rings. The van der Waals surface area contributed by atoms with Crippen molar-refractivity contribution in [3.8, 4) is 0 Å². The number of rotatable bonds is 1. The Balaban J connectivity index is 0. The van der Waals surface area contributed by atoms with Crippen molar-refractivity contribution in [1.82, 2.24) is 4.90 Å². The van der Waals surface area contributed by atoms with Crippen LogP contribution < -0.4 is 0 Å². The number of carbonyl (C=O) groups is 1. The fourth-order valence-corrected chi connectivity index (χ4v) is 1.12. The third-order valence-electron chi connectivity index (χ3n) is 1.79. The van der Waals surface area contributed by atoms with Crippen LogP contribution in [0.1, 0.15) is 34.6 Å². The first-order valence-electron chi connectivity index (χ1n) is 5.72. The number of ether oxygens (including phenoxy) is 1. The van der Waals surface area contributed by atoms with Gasteiger partial charge >= 0.3 is 0 Å². The standard InChI is InChI=1S/C7H13NO3.2C2H6/c1-6(10)8-2-3-11-7(4-8)5-9;2*1-2/h7,9H,2-5H2,1H3;2*1-2H3/t7-;;/m1../s1. The van der Waals surface area contributed by atoms with Gasteiger partial charge in [-0.3, -0.25) is 4.79 Å². The average molecular weight is 219 g/mol. The van der Waals surface area contributed by atoms with Crippen molar-refractivity contribution < 1.29 is 14.6 Å². The van der Waals surface area contributed by atoms with Gasteiger partial charge in [0.05, 0.1) is 19.3 Å². The molecule has 1 fully saturated rings. The van der Waals surface area contributed by atoms with E-state index in [9.17, 15) is 4.79 Å². The lowest BCUT2D eigenvalue weighted by Gasteiger charge is -2.31. The second-order valence-electron chi connectivity index (χ2n) is 2.64. The van der Waals surface area contributed by atoms with Crippen molar-refractivity contribution in [2.75, 3.05) is 26.3 Å². The number of hydrogen-bond acceptors (Lipinski definition) is 3. The molecule has 0 saturated carbocycles. The van der Waals surface area contributed by atoms with Gasteiger partial charge in [-0.1, -0.05) is 27.7 Å². The molecule has 0 spiro atoms. The van der Waals surface area contributed by atoms with Gasteiger partial charge < -0.3 is 14.7 Å². The van der Waals surface area contributed by atoms with Gasteiger partial charge in [0.1, 0.15) is 0 Å². The van der Waals surface area contributed by atoms with E-state index in [2.05, 4.69) is 0 Å². The second kappa shape index (κ2) is 11.5. The number of nitrogens with zero attached hydrogens (tertiary/aromatic N) is 1. The highest BCUT2D eigenvalue weighted by Crippen LogP contribution is 2.03. The molecule has 0 radical (unpaired) electrons. The van der Waals surface area contributed by atoms with Gasteiger partial charge in [-0.15, -0.1) is 0 Å². The Morgan fingerprint density at radius 3 is 2.33 bits per heavy atom. The minimum atomic E-state index is -0.187. The van der Waals surface area contributed by atoms with Gasteiger partial charge in [0.2, 0.25) is 5.91 Å². The molecule has 0 aromatic heterocycles. The molecule has 15 heavy (non-hydrogen) atoms. The maximum atomic E-state index is 10.8. The van der Waals surface area contributed by atoms with E-state index >= 15 is 0 Å². The molecule has 1 aliphatic heterocycles. The number of carbonyl (C=O) groups excluding carboxylic acids is 1. The largest absolute Gasteiger partial charge is 0.394 e. The number of amides is 1. The smallest absolute Gasteiger partial charge is 0.219 e. The monoisotopic (exact) mass is 219 g/mol. The van der Waals surface area contributed by atoms with Gasteiger partial charge in [-0.05, 0) is 0 Å². The molecule has 4 nitrogen and oxygen atoms in total. The Morgan fingerprint density at radius 2 is 1.93 bits per heavy atom. The lowest BCUT2D eigenvalue weighted by Crippen LogP contribution is -2.46. The van der Waals surface area contributed by atoms with Crippen molar-refractivity contribution in [3.63, 3.8) is 0 Å². The van der Waals surface area contributed by atoms with E-state index in [0.29, 0.717) is 19.7 Å². The van der Waals surface area contributed by atoms with Crippen molar-refractivity contribution in [3.05, 3.63) is 0 Å². The molecule has 1 amide bonds. The van der Waals surface area contributed by atoms with Crippen LogP contribution in [0.3, 0.4) is 0 Å². The van der Waals surface area contributed by atoms with E-state index in [1.165, 1.54) is 6.92 Å². The summed E-state index contributed by atoms with van der Waals surface area (Å²) in [5.74, 6) is 0.0479. The zero-order valence-electron chi connectivity index (χ0n) is 10.6. The average Bonchev–Trinajstić information content (AvgIpc) is 2.34. The van der Waals surface area contributed by atoms with Crippen LogP contribution in [0.2, 0.25) is 0 Å². The fraction of sp³-hybridized carbons (Fsp3) is 0.909. The van der Waals surface area contributed by atoms with Gasteiger partial charge in [0.25, 0.3) is 0 Å². The number of aliphatic hydroxyl groups is 1. The van der Waals surface area contributed by atoms with Crippen LogP contribution in [-0.4, -0.2) is 48.3 Å². The van der Waals surface area contributed by atoms with Crippen LogP contribution in [0.15, 0.2) is 0 Å². The summed E-state index contributed by atoms with van der Waals surface area (Å²) in [5, 5.41) is 8.73.